The Morgan fingerprint density at radius 3 is 2.29 bits per heavy atom. The van der Waals surface area contributed by atoms with Gasteiger partial charge in [-0.15, -0.1) is 0 Å². The van der Waals surface area contributed by atoms with Crippen LogP contribution in [0.4, 0.5) is 0 Å². The normalized spacial score (nSPS) is 19.9. The lowest BCUT2D eigenvalue weighted by Crippen LogP contribution is -2.36. The predicted octanol–water partition coefficient (Wildman–Crippen LogP) is 5.12. The highest BCUT2D eigenvalue weighted by atomic mass is 16.5. The van der Waals surface area contributed by atoms with Crippen molar-refractivity contribution in [2.75, 3.05) is 21.3 Å². The van der Waals surface area contributed by atoms with Crippen molar-refractivity contribution in [1.29, 1.82) is 0 Å². The van der Waals surface area contributed by atoms with Crippen LogP contribution in [0.5, 0.6) is 23.0 Å². The van der Waals surface area contributed by atoms with Crippen LogP contribution in [0, 0.1) is 0 Å². The SMILES string of the molecule is CC[C@H](C)OC(=O)C1=C(C)NC2=C(C(=O)C[C@@H](c3ccc(OC)c(OC)c3)C2)[C@H]1c1ccc(OC)c(O)c1. The first-order valence-electron chi connectivity index (χ1n) is 12.8. The van der Waals surface area contributed by atoms with E-state index >= 15 is 0 Å². The molecule has 0 bridgehead atoms. The Labute approximate surface area is 223 Å². The van der Waals surface area contributed by atoms with E-state index < -0.39 is 11.9 Å². The Hall–Kier alpha value is -3.94. The van der Waals surface area contributed by atoms with E-state index in [1.807, 2.05) is 39.0 Å². The maximum absolute atomic E-state index is 13.8. The molecule has 0 fully saturated rings. The third-order valence-corrected chi connectivity index (χ3v) is 7.35. The zero-order valence-electron chi connectivity index (χ0n) is 22.7. The van der Waals surface area contributed by atoms with Gasteiger partial charge < -0.3 is 29.4 Å². The minimum absolute atomic E-state index is 0.0653. The third kappa shape index (κ3) is 5.08. The average molecular weight is 522 g/mol. The molecule has 2 aromatic rings. The number of methoxy groups -OCH3 is 3. The summed E-state index contributed by atoms with van der Waals surface area (Å²) >= 11 is 0. The van der Waals surface area contributed by atoms with E-state index in [0.29, 0.717) is 52.5 Å². The van der Waals surface area contributed by atoms with Crippen LogP contribution >= 0.6 is 0 Å². The van der Waals surface area contributed by atoms with Gasteiger partial charge in [-0.1, -0.05) is 19.1 Å². The number of ether oxygens (including phenoxy) is 4. The van der Waals surface area contributed by atoms with Gasteiger partial charge in [0.2, 0.25) is 0 Å². The first-order valence-corrected chi connectivity index (χ1v) is 12.8. The maximum Gasteiger partial charge on any atom is 0.337 e. The highest BCUT2D eigenvalue weighted by Crippen LogP contribution is 2.47. The number of hydrogen-bond acceptors (Lipinski definition) is 8. The molecule has 38 heavy (non-hydrogen) atoms. The van der Waals surface area contributed by atoms with Crippen LogP contribution in [-0.4, -0.2) is 44.3 Å². The van der Waals surface area contributed by atoms with Crippen molar-refractivity contribution in [1.82, 2.24) is 5.32 Å². The lowest BCUT2D eigenvalue weighted by atomic mass is 9.71. The van der Waals surface area contributed by atoms with Gasteiger partial charge in [0.05, 0.1) is 33.0 Å². The Morgan fingerprint density at radius 2 is 1.66 bits per heavy atom. The van der Waals surface area contributed by atoms with E-state index in [1.54, 1.807) is 32.4 Å². The molecule has 4 rings (SSSR count). The minimum Gasteiger partial charge on any atom is -0.504 e. The Balaban J connectivity index is 1.79. The number of nitrogens with one attached hydrogen (secondary N) is 1. The Bertz CT molecular complexity index is 1310. The molecule has 202 valence electrons. The molecule has 1 aliphatic carbocycles. The van der Waals surface area contributed by atoms with Crippen molar-refractivity contribution >= 4 is 11.8 Å². The highest BCUT2D eigenvalue weighted by molar-refractivity contribution is 6.04. The molecule has 1 aliphatic heterocycles. The quantitative estimate of drug-likeness (QED) is 0.462. The van der Waals surface area contributed by atoms with E-state index in [9.17, 15) is 14.7 Å². The van der Waals surface area contributed by atoms with Crippen molar-refractivity contribution in [3.05, 3.63) is 70.1 Å². The van der Waals surface area contributed by atoms with E-state index in [0.717, 1.165) is 11.3 Å². The molecule has 2 aliphatic rings. The summed E-state index contributed by atoms with van der Waals surface area (Å²) in [6, 6.07) is 10.7. The van der Waals surface area contributed by atoms with Gasteiger partial charge >= 0.3 is 5.97 Å². The predicted molar refractivity (Wildman–Crippen MR) is 143 cm³/mol. The molecule has 0 aromatic heterocycles. The molecule has 2 N–H and O–H groups in total. The van der Waals surface area contributed by atoms with Crippen molar-refractivity contribution in [3.8, 4) is 23.0 Å². The number of allylic oxidation sites excluding steroid dienone is 3. The van der Waals surface area contributed by atoms with Crippen LogP contribution in [0.3, 0.4) is 0 Å². The van der Waals surface area contributed by atoms with E-state index in [1.165, 1.54) is 7.11 Å². The fourth-order valence-electron chi connectivity index (χ4n) is 5.20. The number of Topliss-reactive ketones (excluding diaryl/α,β-unsaturated/α-hetero) is 1. The summed E-state index contributed by atoms with van der Waals surface area (Å²) in [4.78, 5) is 27.2. The molecule has 0 saturated heterocycles. The van der Waals surface area contributed by atoms with E-state index in [4.69, 9.17) is 18.9 Å². The summed E-state index contributed by atoms with van der Waals surface area (Å²) in [6.07, 6.45) is 1.22. The summed E-state index contributed by atoms with van der Waals surface area (Å²) in [5.74, 6) is 0.155. The largest absolute Gasteiger partial charge is 0.504 e. The number of rotatable bonds is 8. The molecule has 1 heterocycles. The molecule has 2 aromatic carbocycles. The topological polar surface area (TPSA) is 103 Å². The lowest BCUT2D eigenvalue weighted by Gasteiger charge is -2.37. The number of phenolic OH excluding ortho intramolecular Hbond substituents is 1. The third-order valence-electron chi connectivity index (χ3n) is 7.35. The monoisotopic (exact) mass is 521 g/mol. The number of dihydropyridines is 1. The van der Waals surface area contributed by atoms with Gasteiger partial charge in [-0.2, -0.15) is 0 Å². The van der Waals surface area contributed by atoms with Crippen molar-refractivity contribution in [3.63, 3.8) is 0 Å². The highest BCUT2D eigenvalue weighted by Gasteiger charge is 2.42. The van der Waals surface area contributed by atoms with Gasteiger partial charge in [0.1, 0.15) is 0 Å². The van der Waals surface area contributed by atoms with Gasteiger partial charge in [0, 0.05) is 29.3 Å². The van der Waals surface area contributed by atoms with Crippen LogP contribution in [-0.2, 0) is 14.3 Å². The summed E-state index contributed by atoms with van der Waals surface area (Å²) < 4.78 is 21.8. The summed E-state index contributed by atoms with van der Waals surface area (Å²) in [5.41, 5.74) is 3.86. The fraction of sp³-hybridized carbons (Fsp3) is 0.400. The zero-order chi connectivity index (χ0) is 27.6. The summed E-state index contributed by atoms with van der Waals surface area (Å²) in [6.45, 7) is 5.59. The molecular weight excluding hydrogens is 486 g/mol. The number of phenols is 1. The van der Waals surface area contributed by atoms with E-state index in [-0.39, 0.29) is 30.0 Å². The van der Waals surface area contributed by atoms with Crippen LogP contribution in [0.2, 0.25) is 0 Å². The second kappa shape index (κ2) is 11.2. The number of carbonyl (C=O) groups excluding carboxylic acids is 2. The molecule has 8 nitrogen and oxygen atoms in total. The average Bonchev–Trinajstić information content (AvgIpc) is 2.91. The van der Waals surface area contributed by atoms with Crippen LogP contribution in [0.15, 0.2) is 58.9 Å². The Kier molecular flexibility index (Phi) is 7.99. The molecule has 0 amide bonds. The second-order valence-electron chi connectivity index (χ2n) is 9.69. The molecule has 0 spiro atoms. The van der Waals surface area contributed by atoms with Gasteiger partial charge in [0.15, 0.2) is 28.8 Å². The smallest absolute Gasteiger partial charge is 0.337 e. The lowest BCUT2D eigenvalue weighted by molar-refractivity contribution is -0.144. The van der Waals surface area contributed by atoms with Crippen molar-refractivity contribution < 1.29 is 33.6 Å². The Morgan fingerprint density at radius 1 is 1.00 bits per heavy atom. The number of benzene rings is 2. The molecule has 0 unspecified atom stereocenters. The number of esters is 1. The molecule has 0 saturated carbocycles. The standard InChI is InChI=1S/C30H35NO7/c1-7-16(2)38-30(34)27-17(3)31-21-12-20(18-8-11-25(36-5)26(15-18)37-6)14-23(33)29(21)28(27)19-9-10-24(35-4)22(32)13-19/h8-11,13,15-16,20,28,31-32H,7,12,14H2,1-6H3/t16-,20-,28-/m0/s1. The summed E-state index contributed by atoms with van der Waals surface area (Å²) in [5, 5.41) is 13.9. The number of hydrogen-bond donors (Lipinski definition) is 2. The molecule has 3 atom stereocenters. The van der Waals surface area contributed by atoms with Crippen LogP contribution in [0.1, 0.15) is 63.0 Å². The molecular formula is C30H35NO7. The fourth-order valence-corrected chi connectivity index (χ4v) is 5.20. The zero-order valence-corrected chi connectivity index (χ0v) is 22.7. The number of ketones is 1. The maximum atomic E-state index is 13.8. The van der Waals surface area contributed by atoms with Crippen molar-refractivity contribution in [2.45, 2.75) is 58.0 Å². The van der Waals surface area contributed by atoms with Gasteiger partial charge in [-0.3, -0.25) is 4.79 Å². The van der Waals surface area contributed by atoms with Crippen molar-refractivity contribution in [2.24, 2.45) is 0 Å². The second-order valence-corrected chi connectivity index (χ2v) is 9.69. The summed E-state index contributed by atoms with van der Waals surface area (Å²) in [7, 11) is 4.64. The van der Waals surface area contributed by atoms with Crippen LogP contribution < -0.4 is 19.5 Å². The van der Waals surface area contributed by atoms with E-state index in [2.05, 4.69) is 5.32 Å². The van der Waals surface area contributed by atoms with Crippen LogP contribution in [0.25, 0.3) is 0 Å². The van der Waals surface area contributed by atoms with Gasteiger partial charge in [-0.05, 0) is 68.0 Å². The first-order chi connectivity index (χ1) is 18.2. The molecule has 0 radical (unpaired) electrons. The first kappa shape index (κ1) is 27.1. The van der Waals surface area contributed by atoms with Gasteiger partial charge in [0.25, 0.3) is 0 Å². The number of carbonyl (C=O) groups is 2. The minimum atomic E-state index is -0.682. The van der Waals surface area contributed by atoms with Gasteiger partial charge in [-0.25, -0.2) is 4.79 Å². The number of aromatic hydroxyl groups is 1. The molecule has 8 heteroatoms.